The second-order valence-electron chi connectivity index (χ2n) is 4.81. The lowest BCUT2D eigenvalue weighted by molar-refractivity contribution is 0.0480. The minimum atomic E-state index is -0.156. The Balaban J connectivity index is 3.03. The summed E-state index contributed by atoms with van der Waals surface area (Å²) in [5.74, 6) is 5.34. The summed E-state index contributed by atoms with van der Waals surface area (Å²) in [7, 11) is 3.21. The quantitative estimate of drug-likeness (QED) is 0.545. The van der Waals surface area contributed by atoms with E-state index in [4.69, 9.17) is 15.3 Å². The number of nitrogens with two attached hydrogens (primary N) is 1. The highest BCUT2D eigenvalue weighted by Gasteiger charge is 2.23. The minimum Gasteiger partial charge on any atom is -0.383 e. The second kappa shape index (κ2) is 8.56. The Morgan fingerprint density at radius 3 is 2.76 bits per heavy atom. The molecule has 0 saturated heterocycles. The molecule has 0 fully saturated rings. The number of carbonyl (C=O) groups is 1. The van der Waals surface area contributed by atoms with E-state index in [1.807, 2.05) is 13.8 Å². The minimum absolute atomic E-state index is 0.0791. The first-order valence-electron chi connectivity index (χ1n) is 6.77. The van der Waals surface area contributed by atoms with Crippen LogP contribution in [0.5, 0.6) is 0 Å². The van der Waals surface area contributed by atoms with E-state index in [2.05, 4.69) is 10.4 Å². The lowest BCUT2D eigenvalue weighted by atomic mass is 10.1. The molecular weight excluding hydrogens is 272 g/mol. The van der Waals surface area contributed by atoms with Crippen LogP contribution in [0.15, 0.2) is 12.3 Å². The molecule has 7 nitrogen and oxygen atoms in total. The van der Waals surface area contributed by atoms with Crippen LogP contribution < -0.4 is 11.3 Å². The maximum atomic E-state index is 12.7. The van der Waals surface area contributed by atoms with Crippen LogP contribution in [-0.2, 0) is 9.47 Å². The number of aryl methyl sites for hydroxylation is 1. The molecule has 0 aliphatic rings. The highest BCUT2D eigenvalue weighted by Crippen LogP contribution is 2.18. The van der Waals surface area contributed by atoms with Gasteiger partial charge in [-0.25, -0.2) is 0 Å². The maximum absolute atomic E-state index is 12.7. The molecule has 1 amide bonds. The van der Waals surface area contributed by atoms with Gasteiger partial charge in [-0.2, -0.15) is 0 Å². The van der Waals surface area contributed by atoms with E-state index in [9.17, 15) is 4.79 Å². The van der Waals surface area contributed by atoms with Gasteiger partial charge in [0.15, 0.2) is 0 Å². The van der Waals surface area contributed by atoms with Crippen molar-refractivity contribution in [3.05, 3.63) is 23.5 Å². The predicted molar refractivity (Wildman–Crippen MR) is 81.0 cm³/mol. The van der Waals surface area contributed by atoms with Gasteiger partial charge in [-0.3, -0.25) is 15.6 Å². The van der Waals surface area contributed by atoms with Gasteiger partial charge in [0.1, 0.15) is 0 Å². The molecule has 1 atom stereocenters. The van der Waals surface area contributed by atoms with Gasteiger partial charge in [0.2, 0.25) is 0 Å². The fourth-order valence-electron chi connectivity index (χ4n) is 2.05. The largest absolute Gasteiger partial charge is 0.383 e. The summed E-state index contributed by atoms with van der Waals surface area (Å²) in [4.78, 5) is 18.6. The number of rotatable bonds is 8. The van der Waals surface area contributed by atoms with E-state index in [0.717, 1.165) is 5.69 Å². The standard InChI is InChI=1S/C14H24N4O3/c1-10-7-13(17-15)12(8-16-10)14(19)18(5-6-20-3)11(2)9-21-4/h7-8,11H,5-6,9,15H2,1-4H3,(H,16,17). The lowest BCUT2D eigenvalue weighted by Gasteiger charge is -2.29. The third kappa shape index (κ3) is 4.66. The molecule has 1 unspecified atom stereocenters. The zero-order chi connectivity index (χ0) is 15.8. The predicted octanol–water partition coefficient (Wildman–Crippen LogP) is 0.799. The first-order valence-corrected chi connectivity index (χ1v) is 6.77. The monoisotopic (exact) mass is 296 g/mol. The summed E-state index contributed by atoms with van der Waals surface area (Å²) in [6, 6.07) is 1.66. The zero-order valence-corrected chi connectivity index (χ0v) is 13.0. The van der Waals surface area contributed by atoms with Crippen molar-refractivity contribution in [2.45, 2.75) is 19.9 Å². The Kier molecular flexibility index (Phi) is 7.07. The number of anilines is 1. The third-order valence-corrected chi connectivity index (χ3v) is 3.16. The van der Waals surface area contributed by atoms with Crippen LogP contribution in [0.2, 0.25) is 0 Å². The van der Waals surface area contributed by atoms with Crippen molar-refractivity contribution in [1.82, 2.24) is 9.88 Å². The molecule has 0 aliphatic carbocycles. The molecule has 1 aromatic rings. The molecule has 0 spiro atoms. The van der Waals surface area contributed by atoms with Crippen molar-refractivity contribution in [2.75, 3.05) is 39.4 Å². The number of aromatic nitrogens is 1. The first-order chi connectivity index (χ1) is 10.0. The second-order valence-corrected chi connectivity index (χ2v) is 4.81. The van der Waals surface area contributed by atoms with Crippen LogP contribution in [0.25, 0.3) is 0 Å². The normalized spacial score (nSPS) is 12.0. The van der Waals surface area contributed by atoms with Gasteiger partial charge in [0.05, 0.1) is 30.5 Å². The average molecular weight is 296 g/mol. The van der Waals surface area contributed by atoms with Gasteiger partial charge >= 0.3 is 0 Å². The number of hydrogen-bond acceptors (Lipinski definition) is 6. The van der Waals surface area contributed by atoms with Gasteiger partial charge in [-0.05, 0) is 19.9 Å². The van der Waals surface area contributed by atoms with E-state index in [-0.39, 0.29) is 11.9 Å². The van der Waals surface area contributed by atoms with Crippen LogP contribution in [-0.4, -0.2) is 55.8 Å². The molecule has 1 heterocycles. The van der Waals surface area contributed by atoms with E-state index < -0.39 is 0 Å². The topological polar surface area (TPSA) is 89.7 Å². The van der Waals surface area contributed by atoms with Gasteiger partial charge in [0.25, 0.3) is 5.91 Å². The molecule has 0 aliphatic heterocycles. The SMILES string of the molecule is COCCN(C(=O)c1cnc(C)cc1NN)C(C)COC. The first kappa shape index (κ1) is 17.4. The summed E-state index contributed by atoms with van der Waals surface area (Å²) in [5.41, 5.74) is 4.32. The molecule has 118 valence electrons. The number of nitrogens with one attached hydrogen (secondary N) is 1. The van der Waals surface area contributed by atoms with E-state index in [1.165, 1.54) is 6.20 Å². The molecule has 21 heavy (non-hydrogen) atoms. The van der Waals surface area contributed by atoms with Crippen LogP contribution in [0.4, 0.5) is 5.69 Å². The smallest absolute Gasteiger partial charge is 0.257 e. The van der Waals surface area contributed by atoms with Crippen LogP contribution in [0, 0.1) is 6.92 Å². The Morgan fingerprint density at radius 2 is 2.19 bits per heavy atom. The van der Waals surface area contributed by atoms with Crippen molar-refractivity contribution in [3.8, 4) is 0 Å². The number of nitrogen functional groups attached to an aromatic ring is 1. The Labute approximate surface area is 125 Å². The Bertz CT molecular complexity index is 468. The molecule has 0 aromatic carbocycles. The molecule has 7 heteroatoms. The van der Waals surface area contributed by atoms with Crippen LogP contribution in [0.3, 0.4) is 0 Å². The number of hydrazine groups is 1. The molecule has 1 aromatic heterocycles. The number of hydrogen-bond donors (Lipinski definition) is 2. The molecule has 0 radical (unpaired) electrons. The number of nitrogens with zero attached hydrogens (tertiary/aromatic N) is 2. The summed E-state index contributed by atoms with van der Waals surface area (Å²) in [5, 5.41) is 0. The summed E-state index contributed by atoms with van der Waals surface area (Å²) in [6.07, 6.45) is 1.53. The highest BCUT2D eigenvalue weighted by molar-refractivity contribution is 5.99. The average Bonchev–Trinajstić information content (AvgIpc) is 2.47. The van der Waals surface area contributed by atoms with Gasteiger partial charge in [-0.1, -0.05) is 0 Å². The summed E-state index contributed by atoms with van der Waals surface area (Å²) < 4.78 is 10.2. The third-order valence-electron chi connectivity index (χ3n) is 3.16. The van der Waals surface area contributed by atoms with Crippen LogP contribution in [0.1, 0.15) is 23.0 Å². The van der Waals surface area contributed by atoms with Crippen molar-refractivity contribution in [3.63, 3.8) is 0 Å². The number of methoxy groups -OCH3 is 2. The molecule has 0 saturated carbocycles. The number of pyridine rings is 1. The van der Waals surface area contributed by atoms with Crippen LogP contribution >= 0.6 is 0 Å². The summed E-state index contributed by atoms with van der Waals surface area (Å²) in [6.45, 7) is 5.13. The molecule has 3 N–H and O–H groups in total. The van der Waals surface area contributed by atoms with Gasteiger partial charge < -0.3 is 19.8 Å². The fraction of sp³-hybridized carbons (Fsp3) is 0.571. The van der Waals surface area contributed by atoms with Crippen molar-refractivity contribution in [1.29, 1.82) is 0 Å². The fourth-order valence-corrected chi connectivity index (χ4v) is 2.05. The number of ether oxygens (including phenoxy) is 2. The summed E-state index contributed by atoms with van der Waals surface area (Å²) >= 11 is 0. The van der Waals surface area contributed by atoms with Gasteiger partial charge in [0, 0.05) is 32.7 Å². The van der Waals surface area contributed by atoms with Crippen molar-refractivity contribution in [2.24, 2.45) is 5.84 Å². The molecule has 1 rings (SSSR count). The number of amides is 1. The van der Waals surface area contributed by atoms with E-state index in [0.29, 0.717) is 31.0 Å². The van der Waals surface area contributed by atoms with E-state index >= 15 is 0 Å². The number of carbonyl (C=O) groups excluding carboxylic acids is 1. The highest BCUT2D eigenvalue weighted by atomic mass is 16.5. The zero-order valence-electron chi connectivity index (χ0n) is 13.0. The maximum Gasteiger partial charge on any atom is 0.257 e. The van der Waals surface area contributed by atoms with Crippen molar-refractivity contribution >= 4 is 11.6 Å². The Hall–Kier alpha value is -1.70. The molecule has 0 bridgehead atoms. The lowest BCUT2D eigenvalue weighted by Crippen LogP contribution is -2.43. The van der Waals surface area contributed by atoms with Crippen molar-refractivity contribution < 1.29 is 14.3 Å². The van der Waals surface area contributed by atoms with Gasteiger partial charge in [-0.15, -0.1) is 0 Å². The Morgan fingerprint density at radius 1 is 1.48 bits per heavy atom. The van der Waals surface area contributed by atoms with E-state index in [1.54, 1.807) is 25.2 Å². The molecular formula is C14H24N4O3.